The minimum atomic E-state index is -0.139. The van der Waals surface area contributed by atoms with Gasteiger partial charge in [-0.3, -0.25) is 0 Å². The van der Waals surface area contributed by atoms with Gasteiger partial charge in [0.2, 0.25) is 0 Å². The molecule has 1 rings (SSSR count). The second-order valence-corrected chi connectivity index (χ2v) is 2.65. The Labute approximate surface area is 49.3 Å². The van der Waals surface area contributed by atoms with Crippen LogP contribution in [0.5, 0.6) is 0 Å². The van der Waals surface area contributed by atoms with Crippen molar-refractivity contribution in [2.24, 2.45) is 11.1 Å². The molecule has 0 spiro atoms. The number of hydrogen-bond donors (Lipinski definition) is 0. The minimum absolute atomic E-state index is 0.139. The summed E-state index contributed by atoms with van der Waals surface area (Å²) < 4.78 is 0. The van der Waals surface area contributed by atoms with E-state index in [-0.39, 0.29) is 5.54 Å². The second kappa shape index (κ2) is 1.54. The van der Waals surface area contributed by atoms with E-state index in [0.29, 0.717) is 5.92 Å². The van der Waals surface area contributed by atoms with E-state index in [4.69, 9.17) is 0 Å². The van der Waals surface area contributed by atoms with Crippen LogP contribution in [-0.2, 0) is 0 Å². The topological polar surface area (TPSA) is 29.4 Å². The first-order valence-corrected chi connectivity index (χ1v) is 3.09. The Hall–Kier alpha value is -0.400. The zero-order valence-electron chi connectivity index (χ0n) is 5.35. The molecule has 0 N–H and O–H groups in total. The van der Waals surface area contributed by atoms with Gasteiger partial charge in [-0.05, 0) is 18.8 Å². The Bertz CT molecular complexity index is 109. The molecular formula is C6H11NO. The first-order chi connectivity index (χ1) is 3.75. The van der Waals surface area contributed by atoms with Gasteiger partial charge in [0.1, 0.15) is 5.54 Å². The molecule has 2 atom stereocenters. The molecule has 2 heteroatoms. The lowest BCUT2D eigenvalue weighted by atomic mass is 10.2. The molecule has 46 valence electrons. The highest BCUT2D eigenvalue weighted by Gasteiger charge is 2.51. The van der Waals surface area contributed by atoms with Gasteiger partial charge >= 0.3 is 0 Å². The van der Waals surface area contributed by atoms with Crippen molar-refractivity contribution in [1.29, 1.82) is 0 Å². The Morgan fingerprint density at radius 2 is 2.38 bits per heavy atom. The molecule has 1 unspecified atom stereocenters. The maximum atomic E-state index is 10.1. The summed E-state index contributed by atoms with van der Waals surface area (Å²) in [5.41, 5.74) is -0.139. The number of nitroso groups, excluding NO2 is 1. The molecule has 0 saturated heterocycles. The number of nitrogens with zero attached hydrogens (tertiary/aromatic N) is 1. The smallest absolute Gasteiger partial charge is 0.105 e. The summed E-state index contributed by atoms with van der Waals surface area (Å²) in [6.45, 7) is 4.09. The first kappa shape index (κ1) is 5.73. The Morgan fingerprint density at radius 1 is 1.88 bits per heavy atom. The van der Waals surface area contributed by atoms with Crippen LogP contribution in [0.2, 0.25) is 0 Å². The van der Waals surface area contributed by atoms with Gasteiger partial charge in [0.05, 0.1) is 0 Å². The molecular weight excluding hydrogens is 102 g/mol. The molecule has 0 aromatic heterocycles. The van der Waals surface area contributed by atoms with E-state index < -0.39 is 0 Å². The molecule has 0 aromatic carbocycles. The zero-order valence-corrected chi connectivity index (χ0v) is 5.35. The van der Waals surface area contributed by atoms with Crippen LogP contribution in [0, 0.1) is 10.8 Å². The van der Waals surface area contributed by atoms with Crippen LogP contribution in [-0.4, -0.2) is 5.54 Å². The van der Waals surface area contributed by atoms with Gasteiger partial charge in [-0.15, -0.1) is 0 Å². The molecule has 8 heavy (non-hydrogen) atoms. The van der Waals surface area contributed by atoms with Gasteiger partial charge in [-0.1, -0.05) is 19.0 Å². The molecule has 0 bridgehead atoms. The van der Waals surface area contributed by atoms with Crippen LogP contribution in [0.25, 0.3) is 0 Å². The van der Waals surface area contributed by atoms with Crippen molar-refractivity contribution in [3.05, 3.63) is 4.91 Å². The van der Waals surface area contributed by atoms with Gasteiger partial charge in [0.25, 0.3) is 0 Å². The van der Waals surface area contributed by atoms with Crippen LogP contribution in [0.1, 0.15) is 26.7 Å². The Kier molecular flexibility index (Phi) is 1.10. The van der Waals surface area contributed by atoms with Gasteiger partial charge in [0.15, 0.2) is 0 Å². The number of hydrogen-bond acceptors (Lipinski definition) is 2. The van der Waals surface area contributed by atoms with E-state index in [1.807, 2.05) is 6.92 Å². The average molecular weight is 113 g/mol. The maximum Gasteiger partial charge on any atom is 0.105 e. The van der Waals surface area contributed by atoms with Crippen molar-refractivity contribution in [3.8, 4) is 0 Å². The SMILES string of the molecule is CC[C@]1(N=O)CC1C. The summed E-state index contributed by atoms with van der Waals surface area (Å²) >= 11 is 0. The standard InChI is InChI=1S/C6H11NO/c1-3-6(7-8)4-5(6)2/h5H,3-4H2,1-2H3/t5?,6-/m0/s1. The molecule has 0 aromatic rings. The molecule has 0 heterocycles. The van der Waals surface area contributed by atoms with E-state index in [1.165, 1.54) is 0 Å². The zero-order chi connectivity index (χ0) is 6.20. The van der Waals surface area contributed by atoms with Gasteiger partial charge in [-0.2, -0.15) is 4.91 Å². The number of rotatable bonds is 2. The van der Waals surface area contributed by atoms with Crippen LogP contribution < -0.4 is 0 Å². The van der Waals surface area contributed by atoms with E-state index >= 15 is 0 Å². The van der Waals surface area contributed by atoms with Crippen molar-refractivity contribution in [1.82, 2.24) is 0 Å². The lowest BCUT2D eigenvalue weighted by molar-refractivity contribution is 0.595. The third-order valence-corrected chi connectivity index (χ3v) is 2.21. The van der Waals surface area contributed by atoms with Crippen LogP contribution in [0.3, 0.4) is 0 Å². The fourth-order valence-electron chi connectivity index (χ4n) is 1.16. The monoisotopic (exact) mass is 113 g/mol. The quantitative estimate of drug-likeness (QED) is 0.503. The summed E-state index contributed by atoms with van der Waals surface area (Å²) in [4.78, 5) is 10.1. The van der Waals surface area contributed by atoms with Crippen molar-refractivity contribution < 1.29 is 0 Å². The summed E-state index contributed by atoms with van der Waals surface area (Å²) in [6, 6.07) is 0. The highest BCUT2D eigenvalue weighted by molar-refractivity contribution is 5.06. The molecule has 1 aliphatic carbocycles. The first-order valence-electron chi connectivity index (χ1n) is 3.09. The average Bonchev–Trinajstić information content (AvgIpc) is 2.43. The van der Waals surface area contributed by atoms with Crippen LogP contribution in [0.15, 0.2) is 5.18 Å². The predicted molar refractivity (Wildman–Crippen MR) is 32.6 cm³/mol. The molecule has 1 saturated carbocycles. The summed E-state index contributed by atoms with van der Waals surface area (Å²) in [6.07, 6.45) is 1.92. The second-order valence-electron chi connectivity index (χ2n) is 2.65. The Morgan fingerprint density at radius 3 is 2.38 bits per heavy atom. The Balaban J connectivity index is 2.51. The molecule has 1 aliphatic rings. The highest BCUT2D eigenvalue weighted by Crippen LogP contribution is 2.48. The highest BCUT2D eigenvalue weighted by atomic mass is 16.3. The molecule has 0 aliphatic heterocycles. The molecule has 1 fully saturated rings. The molecule has 2 nitrogen and oxygen atoms in total. The third kappa shape index (κ3) is 0.556. The van der Waals surface area contributed by atoms with Gasteiger partial charge in [0, 0.05) is 0 Å². The van der Waals surface area contributed by atoms with E-state index in [2.05, 4.69) is 12.1 Å². The van der Waals surface area contributed by atoms with Crippen molar-refractivity contribution in [3.63, 3.8) is 0 Å². The third-order valence-electron chi connectivity index (χ3n) is 2.21. The summed E-state index contributed by atoms with van der Waals surface area (Å²) in [5, 5.41) is 3.08. The van der Waals surface area contributed by atoms with Crippen LogP contribution >= 0.6 is 0 Å². The fourth-order valence-corrected chi connectivity index (χ4v) is 1.16. The van der Waals surface area contributed by atoms with E-state index in [9.17, 15) is 4.91 Å². The lowest BCUT2D eigenvalue weighted by Crippen LogP contribution is -2.02. The van der Waals surface area contributed by atoms with E-state index in [0.717, 1.165) is 12.8 Å². The maximum absolute atomic E-state index is 10.1. The van der Waals surface area contributed by atoms with Crippen molar-refractivity contribution in [2.75, 3.05) is 0 Å². The van der Waals surface area contributed by atoms with Gasteiger partial charge in [-0.25, -0.2) is 0 Å². The van der Waals surface area contributed by atoms with Crippen molar-refractivity contribution >= 4 is 0 Å². The summed E-state index contributed by atoms with van der Waals surface area (Å²) in [7, 11) is 0. The largest absolute Gasteiger partial charge is 0.150 e. The molecule has 0 radical (unpaired) electrons. The fraction of sp³-hybridized carbons (Fsp3) is 1.00. The van der Waals surface area contributed by atoms with Crippen LogP contribution in [0.4, 0.5) is 0 Å². The van der Waals surface area contributed by atoms with E-state index in [1.54, 1.807) is 0 Å². The lowest BCUT2D eigenvalue weighted by Gasteiger charge is -1.97. The minimum Gasteiger partial charge on any atom is -0.150 e. The predicted octanol–water partition coefficient (Wildman–Crippen LogP) is 1.94. The van der Waals surface area contributed by atoms with Crippen molar-refractivity contribution in [2.45, 2.75) is 32.2 Å². The molecule has 0 amide bonds. The normalized spacial score (nSPS) is 44.0. The van der Waals surface area contributed by atoms with Gasteiger partial charge < -0.3 is 0 Å². The summed E-state index contributed by atoms with van der Waals surface area (Å²) in [5.74, 6) is 0.546.